The fraction of sp³-hybridized carbons (Fsp3) is 0.714. The van der Waals surface area contributed by atoms with Gasteiger partial charge in [-0.05, 0) is 6.92 Å². The maximum Gasteiger partial charge on any atom is 0.314 e. The monoisotopic (exact) mass is 189 g/mol. The third-order valence-corrected chi connectivity index (χ3v) is 2.08. The van der Waals surface area contributed by atoms with Crippen molar-refractivity contribution in [2.75, 3.05) is 13.1 Å². The van der Waals surface area contributed by atoms with Crippen LogP contribution >= 0.6 is 12.2 Å². The lowest BCUT2D eigenvalue weighted by Crippen LogP contribution is -2.41. The molecule has 0 aliphatic heterocycles. The highest BCUT2D eigenvalue weighted by Crippen LogP contribution is 1.99. The van der Waals surface area contributed by atoms with Gasteiger partial charge in [-0.2, -0.15) is 0 Å². The van der Waals surface area contributed by atoms with Crippen molar-refractivity contribution in [3.63, 3.8) is 0 Å². The maximum atomic E-state index is 10.8. The summed E-state index contributed by atoms with van der Waals surface area (Å²) >= 11 is 4.77. The molecule has 0 fully saturated rings. The third-order valence-electron chi connectivity index (χ3n) is 1.67. The Kier molecular flexibility index (Phi) is 4.58. The van der Waals surface area contributed by atoms with Crippen molar-refractivity contribution in [2.24, 2.45) is 17.4 Å². The molecule has 0 rings (SSSR count). The molecule has 1 unspecified atom stereocenters. The largest absolute Gasteiger partial charge is 0.393 e. The van der Waals surface area contributed by atoms with Gasteiger partial charge in [0.2, 0.25) is 0 Å². The molecule has 0 aromatic carbocycles. The Morgan fingerprint density at radius 2 is 2.08 bits per heavy atom. The topological polar surface area (TPSA) is 72.3 Å². The Hall–Kier alpha value is -0.840. The Labute approximate surface area is 77.9 Å². The van der Waals surface area contributed by atoms with Gasteiger partial charge < -0.3 is 16.4 Å². The molecule has 12 heavy (non-hydrogen) atoms. The average Bonchev–Trinajstić information content (AvgIpc) is 1.98. The zero-order chi connectivity index (χ0) is 9.72. The summed E-state index contributed by atoms with van der Waals surface area (Å²) in [5.74, 6) is 0.0208. The second-order valence-electron chi connectivity index (χ2n) is 2.68. The van der Waals surface area contributed by atoms with Crippen LogP contribution in [-0.4, -0.2) is 29.0 Å². The van der Waals surface area contributed by atoms with Gasteiger partial charge in [-0.3, -0.25) is 0 Å². The van der Waals surface area contributed by atoms with Crippen molar-refractivity contribution < 1.29 is 4.79 Å². The number of thiocarbonyl (C=S) groups is 1. The van der Waals surface area contributed by atoms with Crippen molar-refractivity contribution in [3.05, 3.63) is 0 Å². The number of amides is 2. The minimum Gasteiger partial charge on any atom is -0.393 e. The Bertz CT molecular complexity index is 183. The molecule has 70 valence electrons. The lowest BCUT2D eigenvalue weighted by molar-refractivity contribution is 0.207. The van der Waals surface area contributed by atoms with E-state index in [0.29, 0.717) is 18.1 Å². The highest BCUT2D eigenvalue weighted by atomic mass is 32.1. The molecule has 0 bridgehead atoms. The highest BCUT2D eigenvalue weighted by molar-refractivity contribution is 7.80. The lowest BCUT2D eigenvalue weighted by Gasteiger charge is -2.21. The molecule has 4 nitrogen and oxygen atoms in total. The number of carbonyl (C=O) groups is 1. The molecule has 0 heterocycles. The van der Waals surface area contributed by atoms with Crippen LogP contribution < -0.4 is 11.5 Å². The molecule has 0 spiro atoms. The van der Waals surface area contributed by atoms with E-state index in [9.17, 15) is 4.79 Å². The van der Waals surface area contributed by atoms with E-state index in [4.69, 9.17) is 23.7 Å². The average molecular weight is 189 g/mol. The normalized spacial score (nSPS) is 12.2. The molecule has 0 aromatic heterocycles. The molecule has 0 aliphatic carbocycles. The fourth-order valence-corrected chi connectivity index (χ4v) is 0.870. The summed E-state index contributed by atoms with van der Waals surface area (Å²) in [5, 5.41) is 0. The molecule has 0 radical (unpaired) electrons. The first-order valence-electron chi connectivity index (χ1n) is 3.82. The first kappa shape index (κ1) is 11.2. The molecule has 0 saturated heterocycles. The van der Waals surface area contributed by atoms with Crippen molar-refractivity contribution in [3.8, 4) is 0 Å². The Morgan fingerprint density at radius 3 is 2.33 bits per heavy atom. The van der Waals surface area contributed by atoms with Crippen molar-refractivity contribution in [1.82, 2.24) is 4.90 Å². The lowest BCUT2D eigenvalue weighted by atomic mass is 10.2. The molecule has 5 heteroatoms. The van der Waals surface area contributed by atoms with Crippen molar-refractivity contribution in [1.29, 1.82) is 0 Å². The smallest absolute Gasteiger partial charge is 0.314 e. The SMILES string of the molecule is CCN(CC(C)C(N)=S)C(N)=O. The summed E-state index contributed by atoms with van der Waals surface area (Å²) in [5.41, 5.74) is 10.5. The summed E-state index contributed by atoms with van der Waals surface area (Å²) in [6.45, 7) is 4.81. The number of primary amides is 1. The van der Waals surface area contributed by atoms with Crippen LogP contribution in [0.15, 0.2) is 0 Å². The van der Waals surface area contributed by atoms with E-state index in [1.165, 1.54) is 4.90 Å². The molecule has 0 aromatic rings. The van der Waals surface area contributed by atoms with E-state index in [1.54, 1.807) is 0 Å². The van der Waals surface area contributed by atoms with Gasteiger partial charge in [0.15, 0.2) is 0 Å². The number of nitrogens with zero attached hydrogens (tertiary/aromatic N) is 1. The van der Waals surface area contributed by atoms with Crippen LogP contribution in [0.2, 0.25) is 0 Å². The Balaban J connectivity index is 4.02. The first-order valence-corrected chi connectivity index (χ1v) is 4.23. The van der Waals surface area contributed by atoms with Gasteiger partial charge in [0, 0.05) is 19.0 Å². The molecular weight excluding hydrogens is 174 g/mol. The van der Waals surface area contributed by atoms with Gasteiger partial charge >= 0.3 is 6.03 Å². The van der Waals surface area contributed by atoms with E-state index in [-0.39, 0.29) is 5.92 Å². The quantitative estimate of drug-likeness (QED) is 0.625. The van der Waals surface area contributed by atoms with Gasteiger partial charge in [0.25, 0.3) is 0 Å². The molecular formula is C7H15N3OS. The summed E-state index contributed by atoms with van der Waals surface area (Å²) in [7, 11) is 0. The number of nitrogens with two attached hydrogens (primary N) is 2. The number of carbonyl (C=O) groups excluding carboxylic acids is 1. The predicted octanol–water partition coefficient (Wildman–Crippen LogP) is 0.309. The molecule has 1 atom stereocenters. The van der Waals surface area contributed by atoms with E-state index < -0.39 is 6.03 Å². The van der Waals surface area contributed by atoms with Gasteiger partial charge in [-0.1, -0.05) is 19.1 Å². The van der Waals surface area contributed by atoms with Crippen LogP contribution in [0.5, 0.6) is 0 Å². The number of hydrogen-bond acceptors (Lipinski definition) is 2. The van der Waals surface area contributed by atoms with Crippen LogP contribution in [0.1, 0.15) is 13.8 Å². The summed E-state index contributed by atoms with van der Waals surface area (Å²) in [4.78, 5) is 12.7. The van der Waals surface area contributed by atoms with Crippen molar-refractivity contribution >= 4 is 23.2 Å². The second kappa shape index (κ2) is 4.92. The zero-order valence-corrected chi connectivity index (χ0v) is 8.23. The second-order valence-corrected chi connectivity index (χ2v) is 3.15. The van der Waals surface area contributed by atoms with Crippen LogP contribution in [0.3, 0.4) is 0 Å². The summed E-state index contributed by atoms with van der Waals surface area (Å²) in [6.07, 6.45) is 0. The Morgan fingerprint density at radius 1 is 1.58 bits per heavy atom. The standard InChI is InChI=1S/C7H15N3OS/c1-3-10(7(9)11)4-5(2)6(8)12/h5H,3-4H2,1-2H3,(H2,8,12)(H2,9,11). The van der Waals surface area contributed by atoms with Gasteiger partial charge in [-0.15, -0.1) is 0 Å². The van der Waals surface area contributed by atoms with E-state index in [1.807, 2.05) is 13.8 Å². The zero-order valence-electron chi connectivity index (χ0n) is 7.41. The van der Waals surface area contributed by atoms with Crippen LogP contribution in [0.25, 0.3) is 0 Å². The van der Waals surface area contributed by atoms with Gasteiger partial charge in [0.1, 0.15) is 0 Å². The van der Waals surface area contributed by atoms with Crippen molar-refractivity contribution in [2.45, 2.75) is 13.8 Å². The minimum absolute atomic E-state index is 0.0208. The summed E-state index contributed by atoms with van der Waals surface area (Å²) in [6, 6.07) is -0.430. The van der Waals surface area contributed by atoms with Gasteiger partial charge in [0.05, 0.1) is 4.99 Å². The number of rotatable bonds is 4. The summed E-state index contributed by atoms with van der Waals surface area (Å²) < 4.78 is 0. The van der Waals surface area contributed by atoms with Crippen LogP contribution in [-0.2, 0) is 0 Å². The maximum absolute atomic E-state index is 10.8. The predicted molar refractivity (Wildman–Crippen MR) is 52.8 cm³/mol. The molecule has 0 aliphatic rings. The fourth-order valence-electron chi connectivity index (χ4n) is 0.795. The van der Waals surface area contributed by atoms with Gasteiger partial charge in [-0.25, -0.2) is 4.79 Å². The van der Waals surface area contributed by atoms with E-state index in [2.05, 4.69) is 0 Å². The minimum atomic E-state index is -0.430. The van der Waals surface area contributed by atoms with Crippen LogP contribution in [0.4, 0.5) is 4.79 Å². The molecule has 0 saturated carbocycles. The molecule has 4 N–H and O–H groups in total. The highest BCUT2D eigenvalue weighted by Gasteiger charge is 2.12. The van der Waals surface area contributed by atoms with E-state index in [0.717, 1.165) is 0 Å². The van der Waals surface area contributed by atoms with E-state index >= 15 is 0 Å². The first-order chi connectivity index (χ1) is 5.49. The number of hydrogen-bond donors (Lipinski definition) is 2. The molecule has 2 amide bonds. The third kappa shape index (κ3) is 3.52. The number of urea groups is 1. The van der Waals surface area contributed by atoms with Crippen LogP contribution in [0, 0.1) is 5.92 Å².